The topological polar surface area (TPSA) is 66.8 Å². The first-order valence-electron chi connectivity index (χ1n) is 9.16. The van der Waals surface area contributed by atoms with Crippen molar-refractivity contribution in [3.05, 3.63) is 69.7 Å². The first-order valence-corrected chi connectivity index (χ1v) is 9.95. The second kappa shape index (κ2) is 8.61. The summed E-state index contributed by atoms with van der Waals surface area (Å²) in [6.07, 6.45) is 1.68. The zero-order valence-electron chi connectivity index (χ0n) is 15.8. The van der Waals surface area contributed by atoms with Crippen molar-refractivity contribution in [2.24, 2.45) is 0 Å². The second-order valence-electron chi connectivity index (χ2n) is 6.63. The van der Waals surface area contributed by atoms with E-state index in [2.05, 4.69) is 15.9 Å². The molecule has 0 spiro atoms. The summed E-state index contributed by atoms with van der Waals surface area (Å²) >= 11 is 3.41. The zero-order valence-corrected chi connectivity index (χ0v) is 17.4. The monoisotopic (exact) mass is 443 g/mol. The molecule has 0 radical (unpaired) electrons. The molecule has 28 heavy (non-hydrogen) atoms. The van der Waals surface area contributed by atoms with Gasteiger partial charge in [-0.2, -0.15) is 0 Å². The van der Waals surface area contributed by atoms with Crippen LogP contribution in [0.25, 0.3) is 5.76 Å². The molecular weight excluding hydrogens is 422 g/mol. The Kier molecular flexibility index (Phi) is 6.19. The van der Waals surface area contributed by atoms with E-state index in [4.69, 9.17) is 4.74 Å². The molecule has 1 amide bonds. The summed E-state index contributed by atoms with van der Waals surface area (Å²) in [4.78, 5) is 27.1. The van der Waals surface area contributed by atoms with Gasteiger partial charge in [0.1, 0.15) is 11.5 Å². The van der Waals surface area contributed by atoms with E-state index in [9.17, 15) is 14.7 Å². The number of halogens is 1. The normalized spacial score (nSPS) is 18.5. The minimum absolute atomic E-state index is 0.119. The van der Waals surface area contributed by atoms with Crippen LogP contribution in [-0.2, 0) is 9.59 Å². The van der Waals surface area contributed by atoms with Gasteiger partial charge in [0.2, 0.25) is 0 Å². The molecule has 6 heteroatoms. The van der Waals surface area contributed by atoms with Gasteiger partial charge in [0.05, 0.1) is 18.7 Å². The second-order valence-corrected chi connectivity index (χ2v) is 7.54. The standard InChI is InChI=1S/C22H22BrNO4/c1-3-4-13-24-19(14-5-9-16(23)10-6-14)18(21(26)22(24)27)20(25)15-7-11-17(28-2)12-8-15/h5-12,19,25H,3-4,13H2,1-2H3/t19-/m0/s1. The number of amides is 1. The maximum atomic E-state index is 12.8. The number of benzene rings is 2. The lowest BCUT2D eigenvalue weighted by molar-refractivity contribution is -0.139. The highest BCUT2D eigenvalue weighted by Crippen LogP contribution is 2.40. The summed E-state index contributed by atoms with van der Waals surface area (Å²) in [5.74, 6) is -0.758. The lowest BCUT2D eigenvalue weighted by Gasteiger charge is -2.25. The summed E-state index contributed by atoms with van der Waals surface area (Å²) in [6, 6.07) is 13.6. The van der Waals surface area contributed by atoms with Crippen molar-refractivity contribution in [2.45, 2.75) is 25.8 Å². The van der Waals surface area contributed by atoms with Gasteiger partial charge in [-0.3, -0.25) is 9.59 Å². The highest BCUT2D eigenvalue weighted by molar-refractivity contribution is 9.10. The number of aliphatic hydroxyl groups is 1. The van der Waals surface area contributed by atoms with E-state index in [0.29, 0.717) is 17.9 Å². The molecule has 0 unspecified atom stereocenters. The Morgan fingerprint density at radius 3 is 2.32 bits per heavy atom. The minimum Gasteiger partial charge on any atom is -0.507 e. The number of nitrogens with zero attached hydrogens (tertiary/aromatic N) is 1. The van der Waals surface area contributed by atoms with Gasteiger partial charge >= 0.3 is 0 Å². The predicted octanol–water partition coefficient (Wildman–Crippen LogP) is 4.68. The number of hydrogen-bond donors (Lipinski definition) is 1. The first kappa shape index (κ1) is 20.1. The van der Waals surface area contributed by atoms with Crippen LogP contribution in [0.1, 0.15) is 36.9 Å². The van der Waals surface area contributed by atoms with E-state index < -0.39 is 17.7 Å². The minimum atomic E-state index is -0.655. The molecule has 1 saturated heterocycles. The van der Waals surface area contributed by atoms with Crippen molar-refractivity contribution in [3.8, 4) is 5.75 Å². The maximum Gasteiger partial charge on any atom is 0.295 e. The molecule has 1 aliphatic heterocycles. The SMILES string of the molecule is CCCCN1C(=O)C(=O)C(=C(O)c2ccc(OC)cc2)[C@@H]1c1ccc(Br)cc1. The quantitative estimate of drug-likeness (QED) is 0.399. The Bertz CT molecular complexity index is 903. The fourth-order valence-corrected chi connectivity index (χ4v) is 3.60. The Morgan fingerprint density at radius 1 is 1.11 bits per heavy atom. The van der Waals surface area contributed by atoms with E-state index in [1.165, 1.54) is 0 Å². The zero-order chi connectivity index (χ0) is 20.3. The molecule has 3 rings (SSSR count). The highest BCUT2D eigenvalue weighted by Gasteiger charge is 2.45. The maximum absolute atomic E-state index is 12.8. The molecule has 0 aromatic heterocycles. The number of carbonyl (C=O) groups is 2. The molecule has 2 aromatic carbocycles. The lowest BCUT2D eigenvalue weighted by atomic mass is 9.95. The van der Waals surface area contributed by atoms with Gasteiger partial charge in [-0.15, -0.1) is 0 Å². The molecule has 1 atom stereocenters. The van der Waals surface area contributed by atoms with E-state index in [-0.39, 0.29) is 11.3 Å². The molecule has 1 heterocycles. The number of aliphatic hydroxyl groups excluding tert-OH is 1. The average molecular weight is 444 g/mol. The molecule has 1 aliphatic rings. The van der Waals surface area contributed by atoms with Gasteiger partial charge in [-0.1, -0.05) is 41.4 Å². The van der Waals surface area contributed by atoms with Gasteiger partial charge < -0.3 is 14.7 Å². The van der Waals surface area contributed by atoms with E-state index in [1.807, 2.05) is 31.2 Å². The summed E-state index contributed by atoms with van der Waals surface area (Å²) in [5.41, 5.74) is 1.37. The van der Waals surface area contributed by atoms with Crippen molar-refractivity contribution < 1.29 is 19.4 Å². The van der Waals surface area contributed by atoms with Crippen LogP contribution >= 0.6 is 15.9 Å². The van der Waals surface area contributed by atoms with Crippen LogP contribution in [0.15, 0.2) is 58.6 Å². The molecule has 5 nitrogen and oxygen atoms in total. The third-order valence-corrected chi connectivity index (χ3v) is 5.37. The van der Waals surface area contributed by atoms with Crippen molar-refractivity contribution in [1.29, 1.82) is 0 Å². The number of hydrogen-bond acceptors (Lipinski definition) is 4. The number of ether oxygens (including phenoxy) is 1. The number of methoxy groups -OCH3 is 1. The number of unbranched alkanes of at least 4 members (excludes halogenated alkanes) is 1. The van der Waals surface area contributed by atoms with Crippen molar-refractivity contribution in [2.75, 3.05) is 13.7 Å². The van der Waals surface area contributed by atoms with Crippen LogP contribution in [0.3, 0.4) is 0 Å². The van der Waals surface area contributed by atoms with E-state index >= 15 is 0 Å². The molecule has 0 aliphatic carbocycles. The molecule has 1 N–H and O–H groups in total. The molecule has 2 aromatic rings. The number of rotatable bonds is 6. The van der Waals surface area contributed by atoms with Crippen LogP contribution < -0.4 is 4.74 Å². The van der Waals surface area contributed by atoms with Gasteiger partial charge in [0.15, 0.2) is 0 Å². The summed E-state index contributed by atoms with van der Waals surface area (Å²) in [7, 11) is 1.56. The highest BCUT2D eigenvalue weighted by atomic mass is 79.9. The van der Waals surface area contributed by atoms with E-state index in [0.717, 1.165) is 22.9 Å². The van der Waals surface area contributed by atoms with Gasteiger partial charge in [-0.25, -0.2) is 0 Å². The van der Waals surface area contributed by atoms with Gasteiger partial charge in [0.25, 0.3) is 11.7 Å². The number of likely N-dealkylation sites (tertiary alicyclic amines) is 1. The van der Waals surface area contributed by atoms with Crippen LogP contribution in [0, 0.1) is 0 Å². The van der Waals surface area contributed by atoms with Crippen LogP contribution in [0.2, 0.25) is 0 Å². The molecule has 0 saturated carbocycles. The predicted molar refractivity (Wildman–Crippen MR) is 111 cm³/mol. The van der Waals surface area contributed by atoms with Crippen LogP contribution in [0.5, 0.6) is 5.75 Å². The number of Topliss-reactive ketones (excluding diaryl/α,β-unsaturated/α-hetero) is 1. The average Bonchev–Trinajstić information content (AvgIpc) is 2.97. The number of carbonyl (C=O) groups excluding carboxylic acids is 2. The Morgan fingerprint density at radius 2 is 1.75 bits per heavy atom. The Balaban J connectivity index is 2.12. The largest absolute Gasteiger partial charge is 0.507 e. The van der Waals surface area contributed by atoms with Crippen LogP contribution in [-0.4, -0.2) is 35.4 Å². The molecule has 0 bridgehead atoms. The van der Waals surface area contributed by atoms with Gasteiger partial charge in [-0.05, 0) is 48.4 Å². The fraction of sp³-hybridized carbons (Fsp3) is 0.273. The fourth-order valence-electron chi connectivity index (χ4n) is 3.34. The Labute approximate surface area is 172 Å². The summed E-state index contributed by atoms with van der Waals surface area (Å²) < 4.78 is 6.04. The van der Waals surface area contributed by atoms with Crippen LogP contribution in [0.4, 0.5) is 0 Å². The lowest BCUT2D eigenvalue weighted by Crippen LogP contribution is -2.30. The molecule has 146 valence electrons. The first-order chi connectivity index (χ1) is 13.5. The summed E-state index contributed by atoms with van der Waals surface area (Å²) in [5, 5.41) is 10.9. The third-order valence-electron chi connectivity index (χ3n) is 4.84. The van der Waals surface area contributed by atoms with Gasteiger partial charge in [0, 0.05) is 16.6 Å². The molecular formula is C22H22BrNO4. The van der Waals surface area contributed by atoms with Crippen molar-refractivity contribution in [1.82, 2.24) is 4.90 Å². The van der Waals surface area contributed by atoms with Crippen molar-refractivity contribution in [3.63, 3.8) is 0 Å². The smallest absolute Gasteiger partial charge is 0.295 e. The molecule has 1 fully saturated rings. The third kappa shape index (κ3) is 3.83. The van der Waals surface area contributed by atoms with Crippen molar-refractivity contribution >= 4 is 33.4 Å². The number of ketones is 1. The van der Waals surface area contributed by atoms with E-state index in [1.54, 1.807) is 36.3 Å². The Hall–Kier alpha value is -2.60. The summed E-state index contributed by atoms with van der Waals surface area (Å²) in [6.45, 7) is 2.49.